The number of nitrogens with one attached hydrogen (secondary N) is 1. The Balaban J connectivity index is 2.58. The molecule has 0 saturated carbocycles. The van der Waals surface area contributed by atoms with Crippen molar-refractivity contribution in [3.8, 4) is 0 Å². The van der Waals surface area contributed by atoms with Crippen LogP contribution in [0.4, 0.5) is 0 Å². The largest absolute Gasteiger partial charge is 0.381 e. The second kappa shape index (κ2) is 3.80. The zero-order chi connectivity index (χ0) is 8.27. The molecule has 0 aromatic carbocycles. The van der Waals surface area contributed by atoms with Gasteiger partial charge in [0, 0.05) is 11.4 Å². The van der Waals surface area contributed by atoms with Gasteiger partial charge in [-0.2, -0.15) is 0 Å². The summed E-state index contributed by atoms with van der Waals surface area (Å²) in [5.41, 5.74) is 1.09. The lowest BCUT2D eigenvalue weighted by Gasteiger charge is -1.93. The quantitative estimate of drug-likeness (QED) is 0.663. The molecule has 1 rings (SSSR count). The summed E-state index contributed by atoms with van der Waals surface area (Å²) in [6.45, 7) is 4.72. The van der Waals surface area contributed by atoms with E-state index in [0.29, 0.717) is 6.54 Å². The summed E-state index contributed by atoms with van der Waals surface area (Å²) in [7, 11) is 0. The lowest BCUT2D eigenvalue weighted by molar-refractivity contribution is 0.259. The van der Waals surface area contributed by atoms with E-state index in [0.717, 1.165) is 10.7 Å². The highest BCUT2D eigenvalue weighted by atomic mass is 32.1. The molecule has 0 saturated heterocycles. The van der Waals surface area contributed by atoms with Gasteiger partial charge in [0.15, 0.2) is 0 Å². The maximum absolute atomic E-state index is 8.47. The van der Waals surface area contributed by atoms with Crippen LogP contribution in [0, 0.1) is 13.8 Å². The summed E-state index contributed by atoms with van der Waals surface area (Å²) in [5.74, 6) is 0. The van der Waals surface area contributed by atoms with E-state index in [9.17, 15) is 0 Å². The van der Waals surface area contributed by atoms with Gasteiger partial charge in [-0.3, -0.25) is 5.32 Å². The van der Waals surface area contributed by atoms with Crippen molar-refractivity contribution < 1.29 is 5.11 Å². The summed E-state index contributed by atoms with van der Waals surface area (Å²) in [6.07, 6.45) is 0. The van der Waals surface area contributed by atoms with Crippen molar-refractivity contribution in [1.29, 1.82) is 0 Å². The predicted molar refractivity (Wildman–Crippen MR) is 45.5 cm³/mol. The maximum Gasteiger partial charge on any atom is 0.107 e. The van der Waals surface area contributed by atoms with Crippen molar-refractivity contribution in [2.45, 2.75) is 20.4 Å². The average Bonchev–Trinajstić information content (AvgIpc) is 2.28. The van der Waals surface area contributed by atoms with Crippen LogP contribution in [0.1, 0.15) is 15.6 Å². The van der Waals surface area contributed by atoms with Crippen molar-refractivity contribution in [1.82, 2.24) is 10.3 Å². The number of hydrogen-bond donors (Lipinski definition) is 2. The third kappa shape index (κ3) is 2.25. The van der Waals surface area contributed by atoms with Gasteiger partial charge in [0.2, 0.25) is 0 Å². The average molecular weight is 172 g/mol. The van der Waals surface area contributed by atoms with Gasteiger partial charge < -0.3 is 5.11 Å². The molecule has 0 aliphatic rings. The van der Waals surface area contributed by atoms with Crippen LogP contribution < -0.4 is 5.32 Å². The third-order valence-corrected chi connectivity index (χ3v) is 2.53. The Bertz CT molecular complexity index is 215. The highest BCUT2D eigenvalue weighted by molar-refractivity contribution is 7.11. The zero-order valence-electron chi connectivity index (χ0n) is 6.72. The van der Waals surface area contributed by atoms with Crippen LogP contribution in [-0.2, 0) is 6.54 Å². The minimum absolute atomic E-state index is 0.0116. The minimum Gasteiger partial charge on any atom is -0.381 e. The normalized spacial score (nSPS) is 10.5. The molecule has 0 amide bonds. The van der Waals surface area contributed by atoms with Crippen molar-refractivity contribution >= 4 is 11.3 Å². The Hall–Kier alpha value is -0.450. The molecule has 62 valence electrons. The van der Waals surface area contributed by atoms with E-state index in [4.69, 9.17) is 5.11 Å². The van der Waals surface area contributed by atoms with Crippen LogP contribution in [-0.4, -0.2) is 16.8 Å². The molecule has 0 aliphatic heterocycles. The molecule has 2 N–H and O–H groups in total. The first-order valence-corrected chi connectivity index (χ1v) is 4.30. The predicted octanol–water partition coefficient (Wildman–Crippen LogP) is 0.799. The van der Waals surface area contributed by atoms with Gasteiger partial charge in [0.25, 0.3) is 0 Å². The zero-order valence-corrected chi connectivity index (χ0v) is 7.53. The fourth-order valence-corrected chi connectivity index (χ4v) is 1.68. The minimum atomic E-state index is 0.0116. The molecule has 0 radical (unpaired) electrons. The molecule has 11 heavy (non-hydrogen) atoms. The Morgan fingerprint density at radius 3 is 2.73 bits per heavy atom. The van der Waals surface area contributed by atoms with Gasteiger partial charge in [-0.05, 0) is 13.8 Å². The number of aromatic nitrogens is 1. The van der Waals surface area contributed by atoms with Crippen LogP contribution in [0.15, 0.2) is 0 Å². The summed E-state index contributed by atoms with van der Waals surface area (Å²) >= 11 is 1.67. The van der Waals surface area contributed by atoms with Crippen molar-refractivity contribution in [3.63, 3.8) is 0 Å². The van der Waals surface area contributed by atoms with Crippen molar-refractivity contribution in [2.24, 2.45) is 0 Å². The smallest absolute Gasteiger partial charge is 0.107 e. The van der Waals surface area contributed by atoms with Crippen molar-refractivity contribution in [2.75, 3.05) is 6.73 Å². The van der Waals surface area contributed by atoms with Gasteiger partial charge >= 0.3 is 0 Å². The Labute approximate surface area is 70.1 Å². The lowest BCUT2D eigenvalue weighted by Crippen LogP contribution is -2.13. The number of hydrogen-bond acceptors (Lipinski definition) is 4. The molecule has 0 atom stereocenters. The molecule has 0 spiro atoms. The van der Waals surface area contributed by atoms with E-state index in [1.807, 2.05) is 6.92 Å². The number of nitrogens with zero attached hydrogens (tertiary/aromatic N) is 1. The third-order valence-electron chi connectivity index (χ3n) is 1.46. The van der Waals surface area contributed by atoms with Crippen LogP contribution in [0.2, 0.25) is 0 Å². The van der Waals surface area contributed by atoms with E-state index < -0.39 is 0 Å². The highest BCUT2D eigenvalue weighted by Gasteiger charge is 2.01. The number of rotatable bonds is 3. The summed E-state index contributed by atoms with van der Waals surface area (Å²) < 4.78 is 0. The standard InChI is InChI=1S/C7H12N2OS/c1-5-6(2)11-7(9-5)3-8-4-10/h8,10H,3-4H2,1-2H3. The maximum atomic E-state index is 8.47. The van der Waals surface area contributed by atoms with Crippen LogP contribution in [0.3, 0.4) is 0 Å². The first-order chi connectivity index (χ1) is 5.24. The number of aryl methyl sites for hydroxylation is 2. The van der Waals surface area contributed by atoms with E-state index in [-0.39, 0.29) is 6.73 Å². The fraction of sp³-hybridized carbons (Fsp3) is 0.571. The van der Waals surface area contributed by atoms with Crippen LogP contribution >= 0.6 is 11.3 Å². The molecule has 3 nitrogen and oxygen atoms in total. The van der Waals surface area contributed by atoms with Crippen LogP contribution in [0.25, 0.3) is 0 Å². The van der Waals surface area contributed by atoms with Gasteiger partial charge in [-0.1, -0.05) is 0 Å². The molecule has 1 aromatic heterocycles. The molecular weight excluding hydrogens is 160 g/mol. The Morgan fingerprint density at radius 1 is 1.55 bits per heavy atom. The molecule has 1 aromatic rings. The molecule has 4 heteroatoms. The highest BCUT2D eigenvalue weighted by Crippen LogP contribution is 2.15. The van der Waals surface area contributed by atoms with E-state index in [1.165, 1.54) is 4.88 Å². The summed E-state index contributed by atoms with van der Waals surface area (Å²) in [6, 6.07) is 0. The molecule has 1 heterocycles. The number of aliphatic hydroxyl groups is 1. The van der Waals surface area contributed by atoms with E-state index in [1.54, 1.807) is 11.3 Å². The lowest BCUT2D eigenvalue weighted by atomic mass is 10.4. The summed E-state index contributed by atoms with van der Waals surface area (Å²) in [5, 5.41) is 12.3. The monoisotopic (exact) mass is 172 g/mol. The molecular formula is C7H12N2OS. The summed E-state index contributed by atoms with van der Waals surface area (Å²) in [4.78, 5) is 5.54. The molecule has 0 aliphatic carbocycles. The van der Waals surface area contributed by atoms with E-state index >= 15 is 0 Å². The second-order valence-electron chi connectivity index (χ2n) is 2.33. The van der Waals surface area contributed by atoms with Gasteiger partial charge in [0.1, 0.15) is 5.01 Å². The molecule has 0 bridgehead atoms. The Morgan fingerprint density at radius 2 is 2.27 bits per heavy atom. The van der Waals surface area contributed by atoms with Gasteiger partial charge in [-0.15, -0.1) is 11.3 Å². The fourth-order valence-electron chi connectivity index (χ4n) is 0.778. The first kappa shape index (κ1) is 8.64. The number of thiazole rings is 1. The van der Waals surface area contributed by atoms with Gasteiger partial charge in [-0.25, -0.2) is 4.98 Å². The topological polar surface area (TPSA) is 45.2 Å². The SMILES string of the molecule is Cc1nc(CNCO)sc1C. The molecule has 0 fully saturated rings. The molecule has 0 unspecified atom stereocenters. The van der Waals surface area contributed by atoms with Gasteiger partial charge in [0.05, 0.1) is 12.4 Å². The number of aliphatic hydroxyl groups excluding tert-OH is 1. The first-order valence-electron chi connectivity index (χ1n) is 3.48. The second-order valence-corrected chi connectivity index (χ2v) is 3.62. The van der Waals surface area contributed by atoms with Crippen molar-refractivity contribution in [3.05, 3.63) is 15.6 Å². The Kier molecular flexibility index (Phi) is 2.99. The van der Waals surface area contributed by atoms with Crippen LogP contribution in [0.5, 0.6) is 0 Å². The van der Waals surface area contributed by atoms with E-state index in [2.05, 4.69) is 17.2 Å².